The minimum absolute atomic E-state index is 0.114. The van der Waals surface area contributed by atoms with Crippen molar-refractivity contribution >= 4 is 5.97 Å². The molecule has 0 rings (SSSR count). The fraction of sp³-hybridized carbons (Fsp3) is 0.207. The minimum Gasteiger partial charge on any atom is -0.371 e. The summed E-state index contributed by atoms with van der Waals surface area (Å²) in [7, 11) is 0. The van der Waals surface area contributed by atoms with E-state index in [1.54, 1.807) is 6.92 Å². The van der Waals surface area contributed by atoms with Crippen LogP contribution in [0.5, 0.6) is 0 Å². The summed E-state index contributed by atoms with van der Waals surface area (Å²) >= 11 is 0. The maximum absolute atomic E-state index is 11.8. The molecule has 0 aliphatic heterocycles. The smallest absolute Gasteiger partial charge is 0.322 e. The van der Waals surface area contributed by atoms with Gasteiger partial charge in [0.25, 0.3) is 0 Å². The summed E-state index contributed by atoms with van der Waals surface area (Å²) in [6.07, 6.45) is 13.6. The third-order valence-electron chi connectivity index (χ3n) is 2.98. The first kappa shape index (κ1) is 25.6. The lowest BCUT2D eigenvalue weighted by molar-refractivity contribution is -0.141. The van der Waals surface area contributed by atoms with Gasteiger partial charge in [-0.1, -0.05) is 19.8 Å². The highest BCUT2D eigenvalue weighted by Gasteiger charge is 2.14. The van der Waals surface area contributed by atoms with Crippen molar-refractivity contribution < 1.29 is 9.53 Å². The van der Waals surface area contributed by atoms with E-state index in [2.05, 4.69) is 119 Å². The van der Waals surface area contributed by atoms with Gasteiger partial charge < -0.3 is 4.74 Å². The summed E-state index contributed by atoms with van der Waals surface area (Å²) in [5, 5.41) is 0. The van der Waals surface area contributed by atoms with E-state index >= 15 is 0 Å². The molecule has 0 aliphatic carbocycles. The summed E-state index contributed by atoms with van der Waals surface area (Å²) in [6.45, 7) is 3.71. The maximum atomic E-state index is 11.8. The van der Waals surface area contributed by atoms with Crippen LogP contribution in [0.25, 0.3) is 0 Å². The van der Waals surface area contributed by atoms with Gasteiger partial charge in [-0.05, 0) is 72.0 Å². The molecular weight excluding hydrogens is 380 g/mol. The Morgan fingerprint density at radius 3 is 1.52 bits per heavy atom. The largest absolute Gasteiger partial charge is 0.371 e. The average Bonchev–Trinajstić information content (AvgIpc) is 2.77. The molecule has 0 saturated carbocycles. The molecule has 2 unspecified atom stereocenters. The van der Waals surface area contributed by atoms with Gasteiger partial charge in [-0.3, -0.25) is 4.79 Å². The molecule has 2 atom stereocenters. The third kappa shape index (κ3) is 17.8. The quantitative estimate of drug-likeness (QED) is 0.537. The van der Waals surface area contributed by atoms with Gasteiger partial charge in [-0.2, -0.15) is 0 Å². The second-order valence-corrected chi connectivity index (χ2v) is 5.34. The summed E-state index contributed by atoms with van der Waals surface area (Å²) in [4.78, 5) is 11.8. The fourth-order valence-corrected chi connectivity index (χ4v) is 1.50. The van der Waals surface area contributed by atoms with Crippen LogP contribution >= 0.6 is 0 Å². The Kier molecular flexibility index (Phi) is 16.0. The third-order valence-corrected chi connectivity index (χ3v) is 2.98. The highest BCUT2D eigenvalue weighted by molar-refractivity contribution is 5.73. The molecule has 0 N–H and O–H groups in total. The highest BCUT2D eigenvalue weighted by Crippen LogP contribution is 2.13. The van der Waals surface area contributed by atoms with Crippen LogP contribution in [0.4, 0.5) is 0 Å². The van der Waals surface area contributed by atoms with Crippen molar-refractivity contribution in [2.24, 2.45) is 11.8 Å². The molecule has 0 radical (unpaired) electrons. The molecule has 0 fully saturated rings. The Bertz CT molecular complexity index is 1320. The first-order chi connectivity index (χ1) is 15.1. The van der Waals surface area contributed by atoms with E-state index in [-0.39, 0.29) is 11.8 Å². The van der Waals surface area contributed by atoms with Crippen LogP contribution in [0.3, 0.4) is 0 Å². The van der Waals surface area contributed by atoms with Crippen LogP contribution in [0.1, 0.15) is 26.7 Å². The van der Waals surface area contributed by atoms with Crippen LogP contribution in [0.15, 0.2) is 0 Å². The van der Waals surface area contributed by atoms with Crippen molar-refractivity contribution in [3.63, 3.8) is 0 Å². The van der Waals surface area contributed by atoms with Crippen molar-refractivity contribution in [3.05, 3.63) is 0 Å². The Morgan fingerprint density at radius 2 is 1.06 bits per heavy atom. The molecule has 0 amide bonds. The number of hydrogen-bond acceptors (Lipinski definition) is 2. The zero-order valence-electron chi connectivity index (χ0n) is 17.0. The summed E-state index contributed by atoms with van der Waals surface area (Å²) in [5.74, 6) is 45.9. The van der Waals surface area contributed by atoms with Crippen LogP contribution < -0.4 is 0 Å². The van der Waals surface area contributed by atoms with E-state index in [0.717, 1.165) is 6.42 Å². The van der Waals surface area contributed by atoms with Crippen molar-refractivity contribution in [1.82, 2.24) is 0 Å². The lowest BCUT2D eigenvalue weighted by atomic mass is 9.98. The highest BCUT2D eigenvalue weighted by atomic mass is 16.5. The summed E-state index contributed by atoms with van der Waals surface area (Å²) in [6, 6.07) is 0. The van der Waals surface area contributed by atoms with Crippen molar-refractivity contribution in [3.8, 4) is 131 Å². The predicted octanol–water partition coefficient (Wildman–Crippen LogP) is 1.84. The van der Waals surface area contributed by atoms with Crippen LogP contribution in [0, 0.1) is 143 Å². The van der Waals surface area contributed by atoms with Crippen LogP contribution in [-0.2, 0) is 9.53 Å². The van der Waals surface area contributed by atoms with Crippen molar-refractivity contribution in [2.75, 3.05) is 0 Å². The van der Waals surface area contributed by atoms with Gasteiger partial charge in [0.2, 0.25) is 0 Å². The second-order valence-electron chi connectivity index (χ2n) is 5.34. The number of carbonyl (C=O) groups excluding carboxylic acids is 1. The molecule has 0 aliphatic rings. The van der Waals surface area contributed by atoms with Crippen molar-refractivity contribution in [2.45, 2.75) is 26.7 Å². The topological polar surface area (TPSA) is 26.3 Å². The number of esters is 1. The van der Waals surface area contributed by atoms with Crippen LogP contribution in [0.2, 0.25) is 0 Å². The molecule has 0 aromatic heterocycles. The number of hydrogen-bond donors (Lipinski definition) is 0. The molecule has 0 aromatic carbocycles. The van der Waals surface area contributed by atoms with Gasteiger partial charge in [0.05, 0.1) is 5.92 Å². The van der Waals surface area contributed by atoms with E-state index < -0.39 is 5.97 Å². The van der Waals surface area contributed by atoms with Crippen LogP contribution in [-0.4, -0.2) is 5.97 Å². The zero-order valence-corrected chi connectivity index (χ0v) is 17.0. The van der Waals surface area contributed by atoms with Gasteiger partial charge in [0.15, 0.2) is 0 Å². The van der Waals surface area contributed by atoms with Crippen molar-refractivity contribution in [1.29, 1.82) is 0 Å². The van der Waals surface area contributed by atoms with Gasteiger partial charge in [-0.15, -0.1) is 12.8 Å². The number of carbonyl (C=O) groups is 1. The maximum Gasteiger partial charge on any atom is 0.322 e. The lowest BCUT2D eigenvalue weighted by Crippen LogP contribution is -2.13. The number of rotatable bonds is 4. The Morgan fingerprint density at radius 1 is 0.645 bits per heavy atom. The normalized spacial score (nSPS) is 8.00. The molecule has 2 heteroatoms. The average molecular weight is 394 g/mol. The molecule has 0 saturated heterocycles. The Hall–Kier alpha value is -5.37. The molecule has 0 heterocycles. The fourth-order valence-electron chi connectivity index (χ4n) is 1.50. The zero-order chi connectivity index (χ0) is 23.0. The van der Waals surface area contributed by atoms with E-state index in [1.807, 2.05) is 6.92 Å². The first-order valence-corrected chi connectivity index (χ1v) is 8.74. The van der Waals surface area contributed by atoms with Gasteiger partial charge in [0.1, 0.15) is 6.11 Å². The van der Waals surface area contributed by atoms with E-state index in [1.165, 1.54) is 0 Å². The van der Waals surface area contributed by atoms with Gasteiger partial charge in [-0.25, -0.2) is 0 Å². The molecule has 2 nitrogen and oxygen atoms in total. The number of terminal acetylenes is 2. The molecule has 142 valence electrons. The Labute approximate surface area is 185 Å². The Balaban J connectivity index is 4.38. The summed E-state index contributed by atoms with van der Waals surface area (Å²) in [5.41, 5.74) is 0. The molecule has 0 spiro atoms. The SMILES string of the molecule is C#CC#CC#CC#CC#CC#CC#CC#CC#COC(=O)C(C)CCC(C)C#CC#C. The molecule has 0 aromatic rings. The van der Waals surface area contributed by atoms with Gasteiger partial charge >= 0.3 is 5.97 Å². The molecule has 0 bridgehead atoms. The predicted molar refractivity (Wildman–Crippen MR) is 121 cm³/mol. The van der Waals surface area contributed by atoms with E-state index in [0.29, 0.717) is 6.42 Å². The summed E-state index contributed by atoms with van der Waals surface area (Å²) < 4.78 is 4.83. The number of ether oxygens (including phenoxy) is 1. The first-order valence-electron chi connectivity index (χ1n) is 8.74. The standard InChI is InChI=1S/C29H14O2/c1-5-7-9-10-11-12-13-14-15-16-17-18-19-20-21-22-26-31-29(30)28(4)25-24-27(3)23-8-6-2/h1-2,27-28H,24-25H2,3-4H3. The second kappa shape index (κ2) is 19.4. The van der Waals surface area contributed by atoms with E-state index in [4.69, 9.17) is 17.6 Å². The van der Waals surface area contributed by atoms with Gasteiger partial charge in [0, 0.05) is 53.3 Å². The molecular formula is C29H14O2. The van der Waals surface area contributed by atoms with E-state index in [9.17, 15) is 4.79 Å². The lowest BCUT2D eigenvalue weighted by Gasteiger charge is -2.08. The minimum atomic E-state index is -0.420. The monoisotopic (exact) mass is 394 g/mol. The molecule has 31 heavy (non-hydrogen) atoms.